The zero-order valence-electron chi connectivity index (χ0n) is 11.1. The third kappa shape index (κ3) is 3.76. The van der Waals surface area contributed by atoms with Crippen molar-refractivity contribution in [2.45, 2.75) is 25.6 Å². The SMILES string of the molecule is CCCNC(c1ccc(F)c(C(F)(F)F)c1)c1csnn1. The van der Waals surface area contributed by atoms with Gasteiger partial charge in [0.2, 0.25) is 0 Å². The lowest BCUT2D eigenvalue weighted by Crippen LogP contribution is -2.24. The van der Waals surface area contributed by atoms with Crippen molar-refractivity contribution in [1.82, 2.24) is 14.9 Å². The Balaban J connectivity index is 2.41. The molecule has 8 heteroatoms. The summed E-state index contributed by atoms with van der Waals surface area (Å²) >= 11 is 1.11. The lowest BCUT2D eigenvalue weighted by atomic mass is 10.0. The summed E-state index contributed by atoms with van der Waals surface area (Å²) in [5.41, 5.74) is -0.440. The summed E-state index contributed by atoms with van der Waals surface area (Å²) < 4.78 is 55.5. The molecule has 1 atom stereocenters. The molecule has 0 bridgehead atoms. The van der Waals surface area contributed by atoms with Crippen molar-refractivity contribution in [1.29, 1.82) is 0 Å². The van der Waals surface area contributed by atoms with E-state index in [4.69, 9.17) is 0 Å². The molecule has 3 nitrogen and oxygen atoms in total. The normalized spacial score (nSPS) is 13.4. The lowest BCUT2D eigenvalue weighted by molar-refractivity contribution is -0.140. The largest absolute Gasteiger partial charge is 0.419 e. The fraction of sp³-hybridized carbons (Fsp3) is 0.385. The van der Waals surface area contributed by atoms with E-state index in [1.54, 1.807) is 5.38 Å². The molecule has 0 fully saturated rings. The molecule has 114 valence electrons. The average Bonchev–Trinajstić information content (AvgIpc) is 2.93. The van der Waals surface area contributed by atoms with Gasteiger partial charge in [0.15, 0.2) is 0 Å². The van der Waals surface area contributed by atoms with Crippen LogP contribution < -0.4 is 5.32 Å². The summed E-state index contributed by atoms with van der Waals surface area (Å²) in [6, 6.07) is 2.45. The van der Waals surface area contributed by atoms with Gasteiger partial charge in [0, 0.05) is 5.38 Å². The molecule has 21 heavy (non-hydrogen) atoms. The Morgan fingerprint density at radius 3 is 2.67 bits per heavy atom. The molecular weight excluding hydrogens is 306 g/mol. The van der Waals surface area contributed by atoms with Crippen LogP contribution >= 0.6 is 11.5 Å². The quantitative estimate of drug-likeness (QED) is 0.852. The highest BCUT2D eigenvalue weighted by Gasteiger charge is 2.35. The zero-order chi connectivity index (χ0) is 15.5. The van der Waals surface area contributed by atoms with Gasteiger partial charge in [0.1, 0.15) is 5.82 Å². The van der Waals surface area contributed by atoms with Crippen molar-refractivity contribution < 1.29 is 17.6 Å². The number of aromatic nitrogens is 2. The number of alkyl halides is 3. The predicted octanol–water partition coefficient (Wildman–Crippen LogP) is 3.79. The molecule has 0 amide bonds. The van der Waals surface area contributed by atoms with E-state index in [0.29, 0.717) is 17.8 Å². The van der Waals surface area contributed by atoms with Crippen LogP contribution in [-0.4, -0.2) is 16.1 Å². The average molecular weight is 319 g/mol. The summed E-state index contributed by atoms with van der Waals surface area (Å²) in [5, 5.41) is 8.65. The van der Waals surface area contributed by atoms with Crippen LogP contribution in [0.1, 0.15) is 36.2 Å². The van der Waals surface area contributed by atoms with Crippen molar-refractivity contribution in [3.8, 4) is 0 Å². The molecule has 0 spiro atoms. The second-order valence-electron chi connectivity index (χ2n) is 4.45. The Bertz CT molecular complexity index is 584. The third-order valence-corrected chi connectivity index (χ3v) is 3.42. The molecule has 1 aromatic carbocycles. The van der Waals surface area contributed by atoms with E-state index in [1.807, 2.05) is 6.92 Å². The summed E-state index contributed by atoms with van der Waals surface area (Å²) in [5.74, 6) is -1.28. The van der Waals surface area contributed by atoms with Crippen LogP contribution in [-0.2, 0) is 6.18 Å². The monoisotopic (exact) mass is 319 g/mol. The Hall–Kier alpha value is -1.54. The van der Waals surface area contributed by atoms with E-state index < -0.39 is 23.6 Å². The van der Waals surface area contributed by atoms with Crippen molar-refractivity contribution >= 4 is 11.5 Å². The number of hydrogen-bond acceptors (Lipinski definition) is 4. The number of rotatable bonds is 5. The molecule has 1 heterocycles. The van der Waals surface area contributed by atoms with E-state index >= 15 is 0 Å². The van der Waals surface area contributed by atoms with Crippen LogP contribution in [0.5, 0.6) is 0 Å². The molecular formula is C13H13F4N3S. The first kappa shape index (κ1) is 15.8. The Morgan fingerprint density at radius 1 is 1.33 bits per heavy atom. The Kier molecular flexibility index (Phi) is 4.89. The minimum Gasteiger partial charge on any atom is -0.305 e. The fourth-order valence-electron chi connectivity index (χ4n) is 1.92. The van der Waals surface area contributed by atoms with Crippen LogP contribution in [0.2, 0.25) is 0 Å². The van der Waals surface area contributed by atoms with Gasteiger partial charge < -0.3 is 5.32 Å². The van der Waals surface area contributed by atoms with Gasteiger partial charge in [0.25, 0.3) is 0 Å². The zero-order valence-corrected chi connectivity index (χ0v) is 11.9. The van der Waals surface area contributed by atoms with Gasteiger partial charge in [-0.2, -0.15) is 13.2 Å². The minimum absolute atomic E-state index is 0.310. The van der Waals surface area contributed by atoms with Crippen LogP contribution in [0.4, 0.5) is 17.6 Å². The molecule has 0 aliphatic heterocycles. The smallest absolute Gasteiger partial charge is 0.305 e. The maximum Gasteiger partial charge on any atom is 0.419 e. The minimum atomic E-state index is -4.73. The van der Waals surface area contributed by atoms with Crippen LogP contribution in [0.25, 0.3) is 0 Å². The maximum absolute atomic E-state index is 13.4. The van der Waals surface area contributed by atoms with Gasteiger partial charge >= 0.3 is 6.18 Å². The highest BCUT2D eigenvalue weighted by atomic mass is 32.1. The number of nitrogens with zero attached hydrogens (tertiary/aromatic N) is 2. The molecule has 0 aliphatic rings. The number of halogens is 4. The summed E-state index contributed by atoms with van der Waals surface area (Å²) in [6.07, 6.45) is -3.92. The molecule has 0 radical (unpaired) electrons. The van der Waals surface area contributed by atoms with Gasteiger partial charge in [-0.05, 0) is 42.2 Å². The van der Waals surface area contributed by atoms with E-state index in [0.717, 1.165) is 30.1 Å². The van der Waals surface area contributed by atoms with E-state index in [-0.39, 0.29) is 0 Å². The second kappa shape index (κ2) is 6.48. The summed E-state index contributed by atoms with van der Waals surface area (Å²) in [6.45, 7) is 2.54. The number of benzene rings is 1. The molecule has 0 saturated heterocycles. The van der Waals surface area contributed by atoms with Crippen molar-refractivity contribution in [3.63, 3.8) is 0 Å². The van der Waals surface area contributed by atoms with Crippen molar-refractivity contribution in [2.24, 2.45) is 0 Å². The first-order valence-corrected chi connectivity index (χ1v) is 7.14. The summed E-state index contributed by atoms with van der Waals surface area (Å²) in [7, 11) is 0. The first-order chi connectivity index (χ1) is 9.93. The van der Waals surface area contributed by atoms with E-state index in [1.165, 1.54) is 6.07 Å². The molecule has 0 aliphatic carbocycles. The van der Waals surface area contributed by atoms with Gasteiger partial charge in [-0.3, -0.25) is 0 Å². The standard InChI is InChI=1S/C13H13F4N3S/c1-2-5-18-12(11-7-21-20-19-11)8-3-4-10(14)9(6-8)13(15,16)17/h3-4,6-7,12,18H,2,5H2,1H3. The lowest BCUT2D eigenvalue weighted by Gasteiger charge is -2.18. The van der Waals surface area contributed by atoms with Gasteiger partial charge in [0.05, 0.1) is 17.3 Å². The van der Waals surface area contributed by atoms with E-state index in [9.17, 15) is 17.6 Å². The highest BCUT2D eigenvalue weighted by molar-refractivity contribution is 7.03. The Labute approximate surface area is 123 Å². The van der Waals surface area contributed by atoms with Crippen LogP contribution in [0.3, 0.4) is 0 Å². The summed E-state index contributed by atoms with van der Waals surface area (Å²) in [4.78, 5) is 0. The van der Waals surface area contributed by atoms with Gasteiger partial charge in [-0.1, -0.05) is 17.5 Å². The second-order valence-corrected chi connectivity index (χ2v) is 5.06. The Morgan fingerprint density at radius 2 is 2.10 bits per heavy atom. The highest BCUT2D eigenvalue weighted by Crippen LogP contribution is 2.34. The molecule has 2 aromatic rings. The number of hydrogen-bond donors (Lipinski definition) is 1. The maximum atomic E-state index is 13.4. The fourth-order valence-corrected chi connectivity index (χ4v) is 2.40. The third-order valence-electron chi connectivity index (χ3n) is 2.90. The first-order valence-electron chi connectivity index (χ1n) is 6.30. The van der Waals surface area contributed by atoms with Gasteiger partial charge in [-0.15, -0.1) is 5.10 Å². The van der Waals surface area contributed by atoms with Gasteiger partial charge in [-0.25, -0.2) is 4.39 Å². The van der Waals surface area contributed by atoms with Crippen molar-refractivity contribution in [3.05, 3.63) is 46.2 Å². The number of nitrogens with one attached hydrogen (secondary N) is 1. The molecule has 1 unspecified atom stereocenters. The predicted molar refractivity (Wildman–Crippen MR) is 71.4 cm³/mol. The molecule has 1 aromatic heterocycles. The van der Waals surface area contributed by atoms with Crippen molar-refractivity contribution in [2.75, 3.05) is 6.54 Å². The molecule has 2 rings (SSSR count). The van der Waals surface area contributed by atoms with Crippen LogP contribution in [0, 0.1) is 5.82 Å². The van der Waals surface area contributed by atoms with Crippen LogP contribution in [0.15, 0.2) is 23.6 Å². The topological polar surface area (TPSA) is 37.8 Å². The molecule has 0 saturated carbocycles. The molecule has 1 N–H and O–H groups in total. The van der Waals surface area contributed by atoms with E-state index in [2.05, 4.69) is 14.9 Å².